The van der Waals surface area contributed by atoms with Crippen LogP contribution in [0, 0.1) is 12.7 Å². The van der Waals surface area contributed by atoms with Crippen molar-refractivity contribution in [2.45, 2.75) is 43.7 Å². The van der Waals surface area contributed by atoms with Crippen molar-refractivity contribution in [3.63, 3.8) is 0 Å². The van der Waals surface area contributed by atoms with E-state index in [4.69, 9.17) is 10.5 Å². The van der Waals surface area contributed by atoms with Crippen LogP contribution in [0.15, 0.2) is 71.4 Å². The molecule has 2 unspecified atom stereocenters. The summed E-state index contributed by atoms with van der Waals surface area (Å²) in [5.74, 6) is -0.334. The standard InChI is InChI=1S/C27H36FN5O4S/c1-19-4-3-5-27(10-19)38(35,36)33-9-8-31-25(17-33)15-24(32-20(2)34)12-22-11-23(28)14-26(13-22)37-18-21(16-30)6-7-29/h3-7,10-11,13-14,16,24-25,31H,8-9,12,15,17-18,29-30H2,1-2H3,(H,32,34)/p+1. The predicted molar refractivity (Wildman–Crippen MR) is 144 cm³/mol. The molecule has 0 aromatic heterocycles. The number of piperazine rings is 1. The third-order valence-electron chi connectivity index (χ3n) is 6.21. The lowest BCUT2D eigenvalue weighted by Gasteiger charge is -2.35. The zero-order chi connectivity index (χ0) is 27.7. The van der Waals surface area contributed by atoms with Crippen molar-refractivity contribution in [1.82, 2.24) is 14.9 Å². The van der Waals surface area contributed by atoms with Crippen LogP contribution >= 0.6 is 0 Å². The molecular formula is C27H37FN5O4S+. The summed E-state index contributed by atoms with van der Waals surface area (Å²) in [6, 6.07) is 10.7. The number of rotatable bonds is 11. The van der Waals surface area contributed by atoms with Crippen LogP contribution in [0.3, 0.4) is 0 Å². The topological polar surface area (TPSA) is 141 Å². The van der Waals surface area contributed by atoms with E-state index in [1.165, 1.54) is 29.6 Å². The maximum absolute atomic E-state index is 14.4. The molecule has 2 aromatic carbocycles. The summed E-state index contributed by atoms with van der Waals surface area (Å²) in [5, 5.41) is 6.30. The number of halogens is 1. The summed E-state index contributed by atoms with van der Waals surface area (Å²) < 4.78 is 48.1. The lowest BCUT2D eigenvalue weighted by Crippen LogP contribution is -2.54. The monoisotopic (exact) mass is 546 g/mol. The molecule has 0 spiro atoms. The van der Waals surface area contributed by atoms with Gasteiger partial charge in [-0.25, -0.2) is 12.8 Å². The van der Waals surface area contributed by atoms with Crippen LogP contribution in [0.2, 0.25) is 0 Å². The predicted octanol–water partition coefficient (Wildman–Crippen LogP) is 1.21. The SMILES string of the molecule is CC(=O)NC(Cc1cc(F)cc(OCC(C=CN)=C[NH3+])c1)CC1CN(S(=O)(=O)c2cccc(C)c2)CCN1. The van der Waals surface area contributed by atoms with Gasteiger partial charge >= 0.3 is 0 Å². The summed E-state index contributed by atoms with van der Waals surface area (Å²) in [7, 11) is -3.65. The molecule has 38 heavy (non-hydrogen) atoms. The van der Waals surface area contributed by atoms with Gasteiger partial charge in [-0.2, -0.15) is 4.31 Å². The first kappa shape index (κ1) is 29.3. The first-order chi connectivity index (χ1) is 18.1. The second-order valence-electron chi connectivity index (χ2n) is 9.39. The average molecular weight is 547 g/mol. The smallest absolute Gasteiger partial charge is 0.243 e. The Morgan fingerprint density at radius 3 is 2.82 bits per heavy atom. The molecule has 2 aromatic rings. The molecule has 0 aliphatic carbocycles. The van der Waals surface area contributed by atoms with Crippen LogP contribution in [-0.2, 0) is 21.2 Å². The third kappa shape index (κ3) is 8.38. The zero-order valence-corrected chi connectivity index (χ0v) is 22.6. The molecule has 0 radical (unpaired) electrons. The highest BCUT2D eigenvalue weighted by Crippen LogP contribution is 2.22. The fraction of sp³-hybridized carbons (Fsp3) is 0.370. The maximum Gasteiger partial charge on any atom is 0.243 e. The Hall–Kier alpha value is -3.25. The number of carbonyl (C=O) groups is 1. The lowest BCUT2D eigenvalue weighted by molar-refractivity contribution is -0.276. The molecule has 1 aliphatic rings. The molecular weight excluding hydrogens is 509 g/mol. The van der Waals surface area contributed by atoms with Crippen molar-refractivity contribution < 1.29 is 28.1 Å². The van der Waals surface area contributed by atoms with Crippen molar-refractivity contribution >= 4 is 15.9 Å². The summed E-state index contributed by atoms with van der Waals surface area (Å²) in [5.41, 5.74) is 11.4. The maximum atomic E-state index is 14.4. The van der Waals surface area contributed by atoms with Gasteiger partial charge in [-0.1, -0.05) is 12.1 Å². The number of sulfonamides is 1. The van der Waals surface area contributed by atoms with E-state index < -0.39 is 15.8 Å². The molecule has 1 amide bonds. The second-order valence-corrected chi connectivity index (χ2v) is 11.3. The number of aryl methyl sites for hydroxylation is 1. The quantitative estimate of drug-likeness (QED) is 0.312. The third-order valence-corrected chi connectivity index (χ3v) is 8.07. The molecule has 1 saturated heterocycles. The van der Waals surface area contributed by atoms with Crippen LogP contribution in [0.5, 0.6) is 5.75 Å². The number of hydrogen-bond donors (Lipinski definition) is 4. The Balaban J connectivity index is 1.72. The molecule has 0 saturated carbocycles. The molecule has 9 nitrogen and oxygen atoms in total. The van der Waals surface area contributed by atoms with E-state index in [-0.39, 0.29) is 36.0 Å². The van der Waals surface area contributed by atoms with Crippen LogP contribution in [-0.4, -0.2) is 57.0 Å². The highest BCUT2D eigenvalue weighted by atomic mass is 32.2. The van der Waals surface area contributed by atoms with Crippen LogP contribution in [0.1, 0.15) is 24.5 Å². The minimum absolute atomic E-state index is 0.173. The Morgan fingerprint density at radius 2 is 2.13 bits per heavy atom. The van der Waals surface area contributed by atoms with Gasteiger partial charge < -0.3 is 26.8 Å². The summed E-state index contributed by atoms with van der Waals surface area (Å²) in [6.07, 6.45) is 5.44. The molecule has 0 bridgehead atoms. The van der Waals surface area contributed by atoms with Crippen molar-refractivity contribution in [1.29, 1.82) is 0 Å². The first-order valence-electron chi connectivity index (χ1n) is 12.5. The van der Waals surface area contributed by atoms with Crippen molar-refractivity contribution in [2.75, 3.05) is 26.2 Å². The van der Waals surface area contributed by atoms with Gasteiger partial charge in [0, 0.05) is 50.3 Å². The van der Waals surface area contributed by atoms with E-state index >= 15 is 0 Å². The highest BCUT2D eigenvalue weighted by molar-refractivity contribution is 7.89. The summed E-state index contributed by atoms with van der Waals surface area (Å²) >= 11 is 0. The number of benzene rings is 2. The molecule has 206 valence electrons. The minimum atomic E-state index is -3.65. The van der Waals surface area contributed by atoms with Gasteiger partial charge in [-0.05, 0) is 67.4 Å². The van der Waals surface area contributed by atoms with E-state index in [9.17, 15) is 17.6 Å². The number of nitrogens with one attached hydrogen (secondary N) is 2. The Labute approximate surface area is 223 Å². The van der Waals surface area contributed by atoms with Crippen LogP contribution < -0.4 is 26.8 Å². The van der Waals surface area contributed by atoms with E-state index in [0.29, 0.717) is 37.2 Å². The van der Waals surface area contributed by atoms with Gasteiger partial charge in [0.25, 0.3) is 0 Å². The van der Waals surface area contributed by atoms with Gasteiger partial charge in [-0.3, -0.25) is 4.79 Å². The zero-order valence-electron chi connectivity index (χ0n) is 21.8. The fourth-order valence-corrected chi connectivity index (χ4v) is 6.08. The number of nitrogens with zero attached hydrogens (tertiary/aromatic N) is 1. The van der Waals surface area contributed by atoms with Gasteiger partial charge in [0.2, 0.25) is 15.9 Å². The molecule has 1 fully saturated rings. The lowest BCUT2D eigenvalue weighted by atomic mass is 9.98. The fourth-order valence-electron chi connectivity index (χ4n) is 4.49. The number of nitrogens with two attached hydrogens (primary N) is 1. The van der Waals surface area contributed by atoms with Crippen molar-refractivity contribution in [3.8, 4) is 5.75 Å². The number of carbonyl (C=O) groups excluding carboxylic acids is 1. The Bertz CT molecular complexity index is 1280. The summed E-state index contributed by atoms with van der Waals surface area (Å²) in [6.45, 7) is 4.55. The van der Waals surface area contributed by atoms with Gasteiger partial charge in [-0.15, -0.1) is 0 Å². The Morgan fingerprint density at radius 1 is 1.34 bits per heavy atom. The average Bonchev–Trinajstić information content (AvgIpc) is 2.86. The molecule has 1 aliphatic heterocycles. The van der Waals surface area contributed by atoms with Crippen molar-refractivity contribution in [3.05, 3.63) is 83.5 Å². The van der Waals surface area contributed by atoms with Gasteiger partial charge in [0.1, 0.15) is 18.2 Å². The first-order valence-corrected chi connectivity index (χ1v) is 13.9. The normalized spacial score (nSPS) is 17.9. The highest BCUT2D eigenvalue weighted by Gasteiger charge is 2.31. The van der Waals surface area contributed by atoms with Gasteiger partial charge in [0.05, 0.1) is 11.1 Å². The number of ether oxygens (including phenoxy) is 1. The Kier molecular flexibility index (Phi) is 10.4. The summed E-state index contributed by atoms with van der Waals surface area (Å²) in [4.78, 5) is 12.2. The van der Waals surface area contributed by atoms with Crippen LogP contribution in [0.4, 0.5) is 4.39 Å². The molecule has 7 N–H and O–H groups in total. The molecule has 11 heteroatoms. The number of amides is 1. The number of hydrogen-bond acceptors (Lipinski definition) is 6. The minimum Gasteiger partial charge on any atom is -0.489 e. The van der Waals surface area contributed by atoms with E-state index in [1.54, 1.807) is 36.5 Å². The molecule has 1 heterocycles. The van der Waals surface area contributed by atoms with Crippen molar-refractivity contribution in [2.24, 2.45) is 5.73 Å². The van der Waals surface area contributed by atoms with Gasteiger partial charge in [0.15, 0.2) is 0 Å². The van der Waals surface area contributed by atoms with Crippen LogP contribution in [0.25, 0.3) is 0 Å². The molecule has 2 atom stereocenters. The number of quaternary nitrogens is 1. The largest absolute Gasteiger partial charge is 0.489 e. The van der Waals surface area contributed by atoms with E-state index in [1.807, 2.05) is 13.0 Å². The van der Waals surface area contributed by atoms with E-state index in [2.05, 4.69) is 16.4 Å². The molecule has 3 rings (SSSR count). The van der Waals surface area contributed by atoms with E-state index in [0.717, 1.165) is 11.1 Å². The second kappa shape index (κ2) is 13.5.